The number of methoxy groups -OCH3 is 2. The first-order valence-corrected chi connectivity index (χ1v) is 9.12. The van der Waals surface area contributed by atoms with E-state index in [2.05, 4.69) is 20.4 Å². The second kappa shape index (κ2) is 7.67. The number of ether oxygens (including phenoxy) is 2. The molecule has 0 bridgehead atoms. The zero-order chi connectivity index (χ0) is 20.4. The first-order valence-electron chi connectivity index (χ1n) is 9.12. The van der Waals surface area contributed by atoms with Gasteiger partial charge >= 0.3 is 0 Å². The van der Waals surface area contributed by atoms with Crippen molar-refractivity contribution in [1.82, 2.24) is 19.7 Å². The lowest BCUT2D eigenvalue weighted by atomic mass is 10.2. The van der Waals surface area contributed by atoms with Crippen LogP contribution in [0.2, 0.25) is 0 Å². The maximum absolute atomic E-state index is 6.16. The molecule has 8 nitrogen and oxygen atoms in total. The lowest BCUT2D eigenvalue weighted by Gasteiger charge is -2.13. The third-order valence-corrected chi connectivity index (χ3v) is 4.63. The van der Waals surface area contributed by atoms with Crippen LogP contribution < -0.4 is 20.5 Å². The molecule has 148 valence electrons. The molecule has 2 aromatic heterocycles. The Kier molecular flexibility index (Phi) is 4.90. The van der Waals surface area contributed by atoms with Gasteiger partial charge in [-0.2, -0.15) is 10.1 Å². The molecule has 0 radical (unpaired) electrons. The van der Waals surface area contributed by atoms with Crippen molar-refractivity contribution in [3.05, 3.63) is 59.9 Å². The summed E-state index contributed by atoms with van der Waals surface area (Å²) in [7, 11) is 3.16. The summed E-state index contributed by atoms with van der Waals surface area (Å²) in [6.45, 7) is 2.49. The zero-order valence-electron chi connectivity index (χ0n) is 16.5. The van der Waals surface area contributed by atoms with E-state index < -0.39 is 0 Å². The second-order valence-electron chi connectivity index (χ2n) is 6.54. The Labute approximate surface area is 168 Å². The molecule has 0 spiro atoms. The van der Waals surface area contributed by atoms with Crippen LogP contribution in [0.15, 0.2) is 48.7 Å². The highest BCUT2D eigenvalue weighted by Gasteiger charge is 2.12. The van der Waals surface area contributed by atoms with Gasteiger partial charge in [-0.1, -0.05) is 18.2 Å². The minimum atomic E-state index is 0.370. The molecular weight excluding hydrogens is 368 g/mol. The third-order valence-electron chi connectivity index (χ3n) is 4.63. The number of para-hydroxylation sites is 1. The van der Waals surface area contributed by atoms with Crippen LogP contribution in [-0.4, -0.2) is 34.0 Å². The fourth-order valence-corrected chi connectivity index (χ4v) is 3.17. The monoisotopic (exact) mass is 390 g/mol. The van der Waals surface area contributed by atoms with Crippen LogP contribution in [0.1, 0.15) is 11.3 Å². The highest BCUT2D eigenvalue weighted by Crippen LogP contribution is 2.33. The normalized spacial score (nSPS) is 10.9. The molecule has 0 aliphatic rings. The largest absolute Gasteiger partial charge is 0.493 e. The molecule has 0 aliphatic heterocycles. The molecule has 0 fully saturated rings. The van der Waals surface area contributed by atoms with Gasteiger partial charge in [0.05, 0.1) is 31.1 Å². The van der Waals surface area contributed by atoms with Crippen LogP contribution in [-0.2, 0) is 6.54 Å². The van der Waals surface area contributed by atoms with Gasteiger partial charge < -0.3 is 20.5 Å². The lowest BCUT2D eigenvalue weighted by Crippen LogP contribution is -2.09. The van der Waals surface area contributed by atoms with Gasteiger partial charge in [-0.15, -0.1) is 0 Å². The molecule has 0 atom stereocenters. The van der Waals surface area contributed by atoms with Gasteiger partial charge in [0.15, 0.2) is 11.5 Å². The molecule has 0 saturated carbocycles. The summed E-state index contributed by atoms with van der Waals surface area (Å²) >= 11 is 0. The van der Waals surface area contributed by atoms with E-state index in [4.69, 9.17) is 15.2 Å². The number of nitrogen functional groups attached to an aromatic ring is 1. The van der Waals surface area contributed by atoms with Gasteiger partial charge in [-0.25, -0.2) is 9.67 Å². The molecule has 3 N–H and O–H groups in total. The Bertz CT molecular complexity index is 1170. The van der Waals surface area contributed by atoms with Gasteiger partial charge in [0.25, 0.3) is 0 Å². The number of nitrogens with zero attached hydrogens (tertiary/aromatic N) is 4. The summed E-state index contributed by atoms with van der Waals surface area (Å²) in [4.78, 5) is 8.97. The van der Waals surface area contributed by atoms with Gasteiger partial charge in [0, 0.05) is 24.2 Å². The zero-order valence-corrected chi connectivity index (χ0v) is 16.5. The number of hydrogen-bond acceptors (Lipinski definition) is 7. The van der Waals surface area contributed by atoms with Crippen molar-refractivity contribution in [2.24, 2.45) is 0 Å². The highest BCUT2D eigenvalue weighted by molar-refractivity contribution is 5.91. The standard InChI is InChI=1S/C21H22N6O2/c1-13-8-9-27(26-13)17-7-5-4-6-14(17)12-23-21-24-16-11-19(29-3)18(28-2)10-15(16)20(22)25-21/h4-11H,12H2,1-3H3,(H3,22,23,24,25). The summed E-state index contributed by atoms with van der Waals surface area (Å²) in [5, 5.41) is 8.47. The van der Waals surface area contributed by atoms with E-state index in [0.29, 0.717) is 40.7 Å². The molecule has 29 heavy (non-hydrogen) atoms. The third kappa shape index (κ3) is 3.64. The Hall–Kier alpha value is -3.81. The Balaban J connectivity index is 1.64. The van der Waals surface area contributed by atoms with Crippen molar-refractivity contribution in [2.75, 3.05) is 25.3 Å². The molecule has 0 unspecified atom stereocenters. The Morgan fingerprint density at radius 2 is 1.79 bits per heavy atom. The smallest absolute Gasteiger partial charge is 0.225 e. The van der Waals surface area contributed by atoms with Crippen molar-refractivity contribution < 1.29 is 9.47 Å². The summed E-state index contributed by atoms with van der Waals surface area (Å²) in [6.07, 6.45) is 1.94. The fraction of sp³-hybridized carbons (Fsp3) is 0.190. The van der Waals surface area contributed by atoms with Crippen LogP contribution in [0.3, 0.4) is 0 Å². The fourth-order valence-electron chi connectivity index (χ4n) is 3.17. The van der Waals surface area contributed by atoms with E-state index in [9.17, 15) is 0 Å². The number of rotatable bonds is 6. The predicted molar refractivity (Wildman–Crippen MR) is 113 cm³/mol. The second-order valence-corrected chi connectivity index (χ2v) is 6.54. The van der Waals surface area contributed by atoms with Gasteiger partial charge in [-0.05, 0) is 30.7 Å². The van der Waals surface area contributed by atoms with Crippen molar-refractivity contribution >= 4 is 22.7 Å². The van der Waals surface area contributed by atoms with Gasteiger partial charge in [0.2, 0.25) is 5.95 Å². The predicted octanol–water partition coefficient (Wildman–Crippen LogP) is 3.34. The number of nitrogens with one attached hydrogen (secondary N) is 1. The topological polar surface area (TPSA) is 100 Å². The van der Waals surface area contributed by atoms with Crippen molar-refractivity contribution in [1.29, 1.82) is 0 Å². The van der Waals surface area contributed by atoms with Crippen LogP contribution in [0, 0.1) is 6.92 Å². The maximum atomic E-state index is 6.16. The first kappa shape index (κ1) is 18.5. The molecule has 4 aromatic rings. The molecule has 0 aliphatic carbocycles. The minimum absolute atomic E-state index is 0.370. The van der Waals surface area contributed by atoms with Crippen LogP contribution >= 0.6 is 0 Å². The Morgan fingerprint density at radius 1 is 1.03 bits per heavy atom. The molecule has 2 aromatic carbocycles. The van der Waals surface area contributed by atoms with Crippen molar-refractivity contribution in [3.8, 4) is 17.2 Å². The van der Waals surface area contributed by atoms with E-state index in [1.807, 2.05) is 48.1 Å². The van der Waals surface area contributed by atoms with E-state index in [1.54, 1.807) is 26.4 Å². The highest BCUT2D eigenvalue weighted by atomic mass is 16.5. The van der Waals surface area contributed by atoms with E-state index in [-0.39, 0.29) is 0 Å². The quantitative estimate of drug-likeness (QED) is 0.521. The van der Waals surface area contributed by atoms with Gasteiger partial charge in [-0.3, -0.25) is 0 Å². The van der Waals surface area contributed by atoms with E-state index >= 15 is 0 Å². The first-order chi connectivity index (χ1) is 14.1. The van der Waals surface area contributed by atoms with Gasteiger partial charge in [0.1, 0.15) is 5.82 Å². The molecule has 2 heterocycles. The number of nitrogens with two attached hydrogens (primary N) is 1. The van der Waals surface area contributed by atoms with E-state index in [1.165, 1.54) is 0 Å². The van der Waals surface area contributed by atoms with E-state index in [0.717, 1.165) is 16.9 Å². The molecule has 4 rings (SSSR count). The number of aryl methyl sites for hydroxylation is 1. The summed E-state index contributed by atoms with van der Waals surface area (Å²) < 4.78 is 12.6. The summed E-state index contributed by atoms with van der Waals surface area (Å²) in [5.41, 5.74) is 9.85. The molecule has 0 amide bonds. The maximum Gasteiger partial charge on any atom is 0.225 e. The molecule has 0 saturated heterocycles. The van der Waals surface area contributed by atoms with Crippen LogP contribution in [0.4, 0.5) is 11.8 Å². The number of hydrogen-bond donors (Lipinski definition) is 2. The van der Waals surface area contributed by atoms with Crippen LogP contribution in [0.25, 0.3) is 16.6 Å². The SMILES string of the molecule is COc1cc2nc(NCc3ccccc3-n3ccc(C)n3)nc(N)c2cc1OC. The summed E-state index contributed by atoms with van der Waals surface area (Å²) in [6, 6.07) is 13.6. The number of aromatic nitrogens is 4. The number of benzene rings is 2. The van der Waals surface area contributed by atoms with Crippen molar-refractivity contribution in [3.63, 3.8) is 0 Å². The average molecular weight is 390 g/mol. The minimum Gasteiger partial charge on any atom is -0.493 e. The average Bonchev–Trinajstić information content (AvgIpc) is 3.17. The summed E-state index contributed by atoms with van der Waals surface area (Å²) in [5.74, 6) is 1.98. The van der Waals surface area contributed by atoms with Crippen molar-refractivity contribution in [2.45, 2.75) is 13.5 Å². The molecule has 8 heteroatoms. The Morgan fingerprint density at radius 3 is 2.52 bits per heavy atom. The lowest BCUT2D eigenvalue weighted by molar-refractivity contribution is 0.356. The number of fused-ring (bicyclic) bond motifs is 1. The van der Waals surface area contributed by atoms with Crippen LogP contribution in [0.5, 0.6) is 11.5 Å². The number of anilines is 2. The molecular formula is C21H22N6O2.